The lowest BCUT2D eigenvalue weighted by Gasteiger charge is -2.14. The standard InChI is InChI=1S/C16H14ClF2NO3S2/c1-9(16(22)20-15-11(18)3-2-4-12(15)19)23-14(21)8-24-7-10-5-6-13(17)25-10/h2-6,9H,7-8H2,1H3,(H,20,22)/t9-/m1/s1. The fraction of sp³-hybridized carbons (Fsp3) is 0.250. The van der Waals surface area contributed by atoms with Crippen LogP contribution in [0.4, 0.5) is 14.5 Å². The molecule has 1 aromatic carbocycles. The first-order valence-electron chi connectivity index (χ1n) is 7.13. The van der Waals surface area contributed by atoms with Gasteiger partial charge in [-0.25, -0.2) is 8.78 Å². The van der Waals surface area contributed by atoms with E-state index in [1.165, 1.54) is 36.1 Å². The maximum Gasteiger partial charge on any atom is 0.316 e. The summed E-state index contributed by atoms with van der Waals surface area (Å²) in [5.41, 5.74) is -0.570. The van der Waals surface area contributed by atoms with E-state index >= 15 is 0 Å². The van der Waals surface area contributed by atoms with Gasteiger partial charge in [-0.15, -0.1) is 23.1 Å². The fourth-order valence-electron chi connectivity index (χ4n) is 1.79. The Bertz CT molecular complexity index is 749. The van der Waals surface area contributed by atoms with E-state index in [0.717, 1.165) is 17.0 Å². The highest BCUT2D eigenvalue weighted by Crippen LogP contribution is 2.25. The number of benzene rings is 1. The summed E-state index contributed by atoms with van der Waals surface area (Å²) in [5, 5.41) is 2.08. The predicted molar refractivity (Wildman–Crippen MR) is 96.0 cm³/mol. The van der Waals surface area contributed by atoms with Crippen LogP contribution >= 0.6 is 34.7 Å². The number of anilines is 1. The summed E-state index contributed by atoms with van der Waals surface area (Å²) < 4.78 is 32.6. The van der Waals surface area contributed by atoms with Crippen LogP contribution < -0.4 is 5.32 Å². The summed E-state index contributed by atoms with van der Waals surface area (Å²) in [6.07, 6.45) is -1.18. The van der Waals surface area contributed by atoms with Gasteiger partial charge in [0.25, 0.3) is 5.91 Å². The molecule has 2 aromatic rings. The zero-order valence-electron chi connectivity index (χ0n) is 13.1. The van der Waals surface area contributed by atoms with Gasteiger partial charge in [-0.05, 0) is 31.2 Å². The molecule has 134 valence electrons. The van der Waals surface area contributed by atoms with Crippen LogP contribution in [0.15, 0.2) is 30.3 Å². The number of esters is 1. The van der Waals surface area contributed by atoms with Gasteiger partial charge in [-0.2, -0.15) is 0 Å². The van der Waals surface area contributed by atoms with Crippen LogP contribution in [0.2, 0.25) is 4.34 Å². The predicted octanol–water partition coefficient (Wildman–Crippen LogP) is 4.48. The molecule has 0 spiro atoms. The summed E-state index contributed by atoms with van der Waals surface area (Å²) in [4.78, 5) is 24.7. The lowest BCUT2D eigenvalue weighted by Crippen LogP contribution is -2.31. The second kappa shape index (κ2) is 9.17. The molecule has 0 unspecified atom stereocenters. The highest BCUT2D eigenvalue weighted by atomic mass is 35.5. The Morgan fingerprint density at radius 2 is 1.96 bits per heavy atom. The number of ether oxygens (including phenoxy) is 1. The van der Waals surface area contributed by atoms with Gasteiger partial charge in [0.05, 0.1) is 10.1 Å². The van der Waals surface area contributed by atoms with Crippen molar-refractivity contribution in [3.63, 3.8) is 0 Å². The van der Waals surface area contributed by atoms with E-state index in [9.17, 15) is 18.4 Å². The van der Waals surface area contributed by atoms with Crippen LogP contribution in [0.25, 0.3) is 0 Å². The third-order valence-corrected chi connectivity index (χ3v) is 5.35. The quantitative estimate of drug-likeness (QED) is 0.690. The maximum atomic E-state index is 13.5. The summed E-state index contributed by atoms with van der Waals surface area (Å²) in [6.45, 7) is 1.33. The molecule has 0 saturated heterocycles. The van der Waals surface area contributed by atoms with Crippen molar-refractivity contribution >= 4 is 52.3 Å². The Labute approximate surface area is 156 Å². The number of nitrogens with one attached hydrogen (secondary N) is 1. The van der Waals surface area contributed by atoms with Crippen molar-refractivity contribution in [1.82, 2.24) is 0 Å². The van der Waals surface area contributed by atoms with E-state index in [1.807, 2.05) is 6.07 Å². The number of thioether (sulfide) groups is 1. The van der Waals surface area contributed by atoms with Gasteiger partial charge in [0.1, 0.15) is 17.3 Å². The van der Waals surface area contributed by atoms with Crippen LogP contribution in [0.3, 0.4) is 0 Å². The molecule has 25 heavy (non-hydrogen) atoms. The second-order valence-electron chi connectivity index (χ2n) is 4.92. The molecule has 1 aromatic heterocycles. The first kappa shape index (κ1) is 19.7. The molecule has 0 aliphatic rings. The number of hydrogen-bond acceptors (Lipinski definition) is 5. The minimum atomic E-state index is -1.18. The molecule has 1 N–H and O–H groups in total. The number of rotatable bonds is 7. The van der Waals surface area contributed by atoms with Gasteiger partial charge >= 0.3 is 5.97 Å². The molecule has 0 bridgehead atoms. The van der Waals surface area contributed by atoms with Crippen LogP contribution in [-0.4, -0.2) is 23.7 Å². The van der Waals surface area contributed by atoms with E-state index in [2.05, 4.69) is 5.32 Å². The third-order valence-electron chi connectivity index (χ3n) is 2.98. The highest BCUT2D eigenvalue weighted by molar-refractivity contribution is 7.99. The van der Waals surface area contributed by atoms with E-state index in [-0.39, 0.29) is 5.75 Å². The van der Waals surface area contributed by atoms with Crippen molar-refractivity contribution in [1.29, 1.82) is 0 Å². The number of thiophene rings is 1. The van der Waals surface area contributed by atoms with E-state index < -0.39 is 35.3 Å². The Hall–Kier alpha value is -1.64. The van der Waals surface area contributed by atoms with Gasteiger partial charge < -0.3 is 10.1 Å². The van der Waals surface area contributed by atoms with Gasteiger partial charge in [-0.1, -0.05) is 17.7 Å². The molecule has 1 atom stereocenters. The molecule has 0 aliphatic heterocycles. The lowest BCUT2D eigenvalue weighted by atomic mass is 10.2. The van der Waals surface area contributed by atoms with Crippen molar-refractivity contribution in [2.45, 2.75) is 18.8 Å². The first-order valence-corrected chi connectivity index (χ1v) is 9.48. The molecule has 0 aliphatic carbocycles. The van der Waals surface area contributed by atoms with E-state index in [0.29, 0.717) is 10.1 Å². The van der Waals surface area contributed by atoms with Gasteiger partial charge in [0, 0.05) is 10.6 Å². The molecule has 9 heteroatoms. The zero-order chi connectivity index (χ0) is 18.4. The van der Waals surface area contributed by atoms with Crippen LogP contribution in [0.5, 0.6) is 0 Å². The molecule has 0 saturated carbocycles. The molecule has 2 rings (SSSR count). The Morgan fingerprint density at radius 3 is 2.56 bits per heavy atom. The molecular formula is C16H14ClF2NO3S2. The SMILES string of the molecule is C[C@@H](OC(=O)CSCc1ccc(Cl)s1)C(=O)Nc1c(F)cccc1F. The number of hydrogen-bond donors (Lipinski definition) is 1. The molecule has 4 nitrogen and oxygen atoms in total. The minimum absolute atomic E-state index is 0.0429. The Kier molecular flexibility index (Phi) is 7.22. The molecule has 0 radical (unpaired) electrons. The van der Waals surface area contributed by atoms with Gasteiger partial charge in [-0.3, -0.25) is 9.59 Å². The number of carbonyl (C=O) groups is 2. The third kappa shape index (κ3) is 5.98. The van der Waals surface area contributed by atoms with Crippen molar-refractivity contribution in [3.8, 4) is 0 Å². The van der Waals surface area contributed by atoms with E-state index in [1.54, 1.807) is 6.07 Å². The smallest absolute Gasteiger partial charge is 0.316 e. The fourth-order valence-corrected chi connectivity index (χ4v) is 3.79. The zero-order valence-corrected chi connectivity index (χ0v) is 15.4. The average molecular weight is 406 g/mol. The Balaban J connectivity index is 1.79. The molecule has 1 heterocycles. The largest absolute Gasteiger partial charge is 0.452 e. The average Bonchev–Trinajstić information content (AvgIpc) is 2.96. The summed E-state index contributed by atoms with van der Waals surface area (Å²) in [5.74, 6) is -2.58. The van der Waals surface area contributed by atoms with Crippen molar-refractivity contribution in [2.75, 3.05) is 11.1 Å². The topological polar surface area (TPSA) is 55.4 Å². The van der Waals surface area contributed by atoms with Crippen molar-refractivity contribution in [3.05, 3.63) is 51.2 Å². The summed E-state index contributed by atoms with van der Waals surface area (Å²) in [7, 11) is 0. The van der Waals surface area contributed by atoms with E-state index in [4.69, 9.17) is 16.3 Å². The lowest BCUT2D eigenvalue weighted by molar-refractivity contribution is -0.150. The number of para-hydroxylation sites is 1. The number of amides is 1. The van der Waals surface area contributed by atoms with Crippen LogP contribution in [0, 0.1) is 11.6 Å². The minimum Gasteiger partial charge on any atom is -0.452 e. The number of halogens is 3. The second-order valence-corrected chi connectivity index (χ2v) is 7.70. The maximum absolute atomic E-state index is 13.5. The molecule has 0 fully saturated rings. The Morgan fingerprint density at radius 1 is 1.28 bits per heavy atom. The number of carbonyl (C=O) groups excluding carboxylic acids is 2. The molecular weight excluding hydrogens is 392 g/mol. The van der Waals surface area contributed by atoms with Crippen molar-refractivity contribution < 1.29 is 23.1 Å². The van der Waals surface area contributed by atoms with Gasteiger partial charge in [0.15, 0.2) is 6.10 Å². The van der Waals surface area contributed by atoms with Gasteiger partial charge in [0.2, 0.25) is 0 Å². The highest BCUT2D eigenvalue weighted by Gasteiger charge is 2.20. The normalized spacial score (nSPS) is 11.8. The monoisotopic (exact) mass is 405 g/mol. The van der Waals surface area contributed by atoms with Crippen LogP contribution in [-0.2, 0) is 20.1 Å². The summed E-state index contributed by atoms with van der Waals surface area (Å²) >= 11 is 8.55. The molecule has 1 amide bonds. The van der Waals surface area contributed by atoms with Crippen LogP contribution in [0.1, 0.15) is 11.8 Å². The van der Waals surface area contributed by atoms with Crippen molar-refractivity contribution in [2.24, 2.45) is 0 Å². The summed E-state index contributed by atoms with van der Waals surface area (Å²) in [6, 6.07) is 6.85. The first-order chi connectivity index (χ1) is 11.9.